The summed E-state index contributed by atoms with van der Waals surface area (Å²) in [6.07, 6.45) is 1.92. The van der Waals surface area contributed by atoms with Gasteiger partial charge in [-0.05, 0) is 48.4 Å². The van der Waals surface area contributed by atoms with Crippen molar-refractivity contribution in [2.24, 2.45) is 0 Å². The van der Waals surface area contributed by atoms with Crippen molar-refractivity contribution in [1.82, 2.24) is 14.9 Å². The molecule has 1 aliphatic heterocycles. The number of methoxy groups -OCH3 is 2. The van der Waals surface area contributed by atoms with E-state index >= 15 is 0 Å². The molecule has 0 unspecified atom stereocenters. The van der Waals surface area contributed by atoms with E-state index in [4.69, 9.17) is 19.4 Å². The van der Waals surface area contributed by atoms with E-state index in [-0.39, 0.29) is 5.91 Å². The van der Waals surface area contributed by atoms with Crippen LogP contribution >= 0.6 is 0 Å². The Kier molecular flexibility index (Phi) is 7.03. The largest absolute Gasteiger partial charge is 0.493 e. The van der Waals surface area contributed by atoms with E-state index in [1.165, 1.54) is 0 Å². The lowest BCUT2D eigenvalue weighted by atomic mass is 10.0. The van der Waals surface area contributed by atoms with Crippen molar-refractivity contribution in [3.05, 3.63) is 89.6 Å². The van der Waals surface area contributed by atoms with E-state index < -0.39 is 0 Å². The maximum absolute atomic E-state index is 13.8. The third-order valence-electron chi connectivity index (χ3n) is 6.62. The molecule has 0 aliphatic carbocycles. The minimum Gasteiger partial charge on any atom is -0.493 e. The van der Waals surface area contributed by atoms with Gasteiger partial charge >= 0.3 is 0 Å². The molecule has 0 radical (unpaired) electrons. The minimum atomic E-state index is 0.00181. The Morgan fingerprint density at radius 1 is 0.811 bits per heavy atom. The highest BCUT2D eigenvalue weighted by atomic mass is 16.5. The SMILES string of the molecule is COc1ccc(/C=C(/C(=O)N2CCN(c3nc4ccccc4nc3C)CC2)c2ccccc2)cc1OC. The molecule has 4 aromatic rings. The number of nitrogens with zero attached hydrogens (tertiary/aromatic N) is 4. The molecule has 1 saturated heterocycles. The number of aryl methyl sites for hydroxylation is 1. The van der Waals surface area contributed by atoms with Gasteiger partial charge in [0.25, 0.3) is 5.91 Å². The van der Waals surface area contributed by atoms with Crippen LogP contribution in [0.25, 0.3) is 22.7 Å². The first-order valence-electron chi connectivity index (χ1n) is 12.3. The number of aromatic nitrogens is 2. The summed E-state index contributed by atoms with van der Waals surface area (Å²) < 4.78 is 10.8. The molecule has 3 aromatic carbocycles. The second-order valence-electron chi connectivity index (χ2n) is 8.94. The minimum absolute atomic E-state index is 0.00181. The Balaban J connectivity index is 1.39. The van der Waals surface area contributed by atoms with Crippen LogP contribution in [0.3, 0.4) is 0 Å². The molecule has 7 heteroatoms. The van der Waals surface area contributed by atoms with Crippen LogP contribution in [-0.2, 0) is 4.79 Å². The monoisotopic (exact) mass is 494 g/mol. The van der Waals surface area contributed by atoms with Gasteiger partial charge in [0, 0.05) is 31.8 Å². The fourth-order valence-electron chi connectivity index (χ4n) is 4.67. The van der Waals surface area contributed by atoms with Gasteiger partial charge in [-0.15, -0.1) is 0 Å². The summed E-state index contributed by atoms with van der Waals surface area (Å²) in [5.41, 5.74) is 5.06. The summed E-state index contributed by atoms with van der Waals surface area (Å²) in [6.45, 7) is 4.58. The molecule has 1 fully saturated rings. The van der Waals surface area contributed by atoms with Gasteiger partial charge in [-0.25, -0.2) is 9.97 Å². The number of carbonyl (C=O) groups excluding carboxylic acids is 1. The summed E-state index contributed by atoms with van der Waals surface area (Å²) in [5, 5.41) is 0. The van der Waals surface area contributed by atoms with Crippen molar-refractivity contribution in [3.63, 3.8) is 0 Å². The first kappa shape index (κ1) is 24.3. The summed E-state index contributed by atoms with van der Waals surface area (Å²) in [7, 11) is 3.21. The molecule has 188 valence electrons. The first-order chi connectivity index (χ1) is 18.1. The highest BCUT2D eigenvalue weighted by Gasteiger charge is 2.26. The Hall–Kier alpha value is -4.39. The van der Waals surface area contributed by atoms with Crippen LogP contribution in [-0.4, -0.2) is 61.2 Å². The average molecular weight is 495 g/mol. The summed E-state index contributed by atoms with van der Waals surface area (Å²) in [6, 6.07) is 23.4. The lowest BCUT2D eigenvalue weighted by Crippen LogP contribution is -2.49. The van der Waals surface area contributed by atoms with Crippen molar-refractivity contribution >= 4 is 34.4 Å². The van der Waals surface area contributed by atoms with E-state index in [1.54, 1.807) is 14.2 Å². The van der Waals surface area contributed by atoms with Gasteiger partial charge in [-0.2, -0.15) is 0 Å². The molecule has 1 amide bonds. The van der Waals surface area contributed by atoms with E-state index in [0.717, 1.165) is 33.7 Å². The highest BCUT2D eigenvalue weighted by molar-refractivity contribution is 6.24. The van der Waals surface area contributed by atoms with Crippen LogP contribution in [0.5, 0.6) is 11.5 Å². The van der Waals surface area contributed by atoms with Crippen LogP contribution < -0.4 is 14.4 Å². The van der Waals surface area contributed by atoms with Crippen molar-refractivity contribution in [3.8, 4) is 11.5 Å². The second-order valence-corrected chi connectivity index (χ2v) is 8.94. The Morgan fingerprint density at radius 3 is 2.14 bits per heavy atom. The maximum atomic E-state index is 13.8. The van der Waals surface area contributed by atoms with Crippen LogP contribution in [0.15, 0.2) is 72.8 Å². The van der Waals surface area contributed by atoms with Crippen LogP contribution in [0.4, 0.5) is 5.82 Å². The lowest BCUT2D eigenvalue weighted by molar-refractivity contribution is -0.125. The average Bonchev–Trinajstić information content (AvgIpc) is 2.95. The molecule has 37 heavy (non-hydrogen) atoms. The number of ether oxygens (including phenoxy) is 2. The predicted octanol–water partition coefficient (Wildman–Crippen LogP) is 4.84. The van der Waals surface area contributed by atoms with E-state index in [9.17, 15) is 4.79 Å². The smallest absolute Gasteiger partial charge is 0.254 e. The number of fused-ring (bicyclic) bond motifs is 1. The molecular formula is C30H30N4O3. The number of para-hydroxylation sites is 2. The zero-order valence-electron chi connectivity index (χ0n) is 21.3. The maximum Gasteiger partial charge on any atom is 0.254 e. The molecule has 7 nitrogen and oxygen atoms in total. The summed E-state index contributed by atoms with van der Waals surface area (Å²) in [4.78, 5) is 27.6. The van der Waals surface area contributed by atoms with Gasteiger partial charge in [0.2, 0.25) is 0 Å². The number of anilines is 1. The zero-order chi connectivity index (χ0) is 25.8. The number of amides is 1. The number of rotatable bonds is 6. The lowest BCUT2D eigenvalue weighted by Gasteiger charge is -2.36. The van der Waals surface area contributed by atoms with Crippen molar-refractivity contribution in [1.29, 1.82) is 0 Å². The Morgan fingerprint density at radius 2 is 1.46 bits per heavy atom. The molecule has 1 aliphatic rings. The van der Waals surface area contributed by atoms with Crippen molar-refractivity contribution in [2.75, 3.05) is 45.3 Å². The molecule has 0 saturated carbocycles. The molecular weight excluding hydrogens is 464 g/mol. The second kappa shape index (κ2) is 10.7. The first-order valence-corrected chi connectivity index (χ1v) is 12.3. The van der Waals surface area contributed by atoms with E-state index in [2.05, 4.69) is 4.90 Å². The van der Waals surface area contributed by atoms with Gasteiger partial charge in [0.15, 0.2) is 17.3 Å². The van der Waals surface area contributed by atoms with Crippen LogP contribution in [0, 0.1) is 6.92 Å². The molecule has 2 heterocycles. The van der Waals surface area contributed by atoms with Gasteiger partial charge in [0.05, 0.1) is 30.9 Å². The number of benzene rings is 3. The number of hydrogen-bond donors (Lipinski definition) is 0. The third-order valence-corrected chi connectivity index (χ3v) is 6.62. The van der Waals surface area contributed by atoms with Crippen molar-refractivity contribution < 1.29 is 14.3 Å². The quantitative estimate of drug-likeness (QED) is 0.282. The summed E-state index contributed by atoms with van der Waals surface area (Å²) in [5.74, 6) is 2.16. The van der Waals surface area contributed by atoms with E-state index in [0.29, 0.717) is 43.3 Å². The Labute approximate surface area is 217 Å². The molecule has 0 atom stereocenters. The topological polar surface area (TPSA) is 67.8 Å². The van der Waals surface area contributed by atoms with Crippen molar-refractivity contribution in [2.45, 2.75) is 6.92 Å². The number of carbonyl (C=O) groups is 1. The molecule has 5 rings (SSSR count). The number of piperazine rings is 1. The fourth-order valence-corrected chi connectivity index (χ4v) is 4.67. The third kappa shape index (κ3) is 5.11. The predicted molar refractivity (Wildman–Crippen MR) is 147 cm³/mol. The zero-order valence-corrected chi connectivity index (χ0v) is 21.3. The normalized spacial score (nSPS) is 14.1. The van der Waals surface area contributed by atoms with Gasteiger partial charge in [-0.3, -0.25) is 4.79 Å². The molecule has 1 aromatic heterocycles. The van der Waals surface area contributed by atoms with Crippen LogP contribution in [0.2, 0.25) is 0 Å². The van der Waals surface area contributed by atoms with Gasteiger partial charge < -0.3 is 19.3 Å². The summed E-state index contributed by atoms with van der Waals surface area (Å²) >= 11 is 0. The van der Waals surface area contributed by atoms with E-state index in [1.807, 2.05) is 90.7 Å². The molecule has 0 bridgehead atoms. The number of hydrogen-bond acceptors (Lipinski definition) is 6. The molecule has 0 spiro atoms. The molecule has 0 N–H and O–H groups in total. The Bertz CT molecular complexity index is 1440. The standard InChI is InChI=1S/C30H30N4O3/c1-21-29(32-26-12-8-7-11-25(26)31-21)33-15-17-34(18-16-33)30(35)24(23-9-5-4-6-10-23)19-22-13-14-27(36-2)28(20-22)37-3/h4-14,19-20H,15-18H2,1-3H3/b24-19+. The highest BCUT2D eigenvalue weighted by Crippen LogP contribution is 2.30. The van der Waals surface area contributed by atoms with Crippen LogP contribution in [0.1, 0.15) is 16.8 Å². The van der Waals surface area contributed by atoms with Gasteiger partial charge in [0.1, 0.15) is 0 Å². The fraction of sp³-hybridized carbons (Fsp3) is 0.233. The van der Waals surface area contributed by atoms with Gasteiger partial charge in [-0.1, -0.05) is 48.5 Å².